The minimum absolute atomic E-state index is 1.07. The molecule has 0 bridgehead atoms. The number of anilines is 2. The molecule has 0 spiro atoms. The summed E-state index contributed by atoms with van der Waals surface area (Å²) >= 11 is 0. The highest BCUT2D eigenvalue weighted by Crippen LogP contribution is 2.20. The fourth-order valence-electron chi connectivity index (χ4n) is 3.49. The maximum Gasteiger partial charge on any atom is 0.0368 e. The van der Waals surface area contributed by atoms with Crippen LogP contribution in [-0.4, -0.2) is 26.2 Å². The van der Waals surface area contributed by atoms with Crippen molar-refractivity contribution in [3.8, 4) is 0 Å². The van der Waals surface area contributed by atoms with Crippen LogP contribution < -0.4 is 9.80 Å². The van der Waals surface area contributed by atoms with E-state index < -0.39 is 0 Å². The van der Waals surface area contributed by atoms with Gasteiger partial charge in [0, 0.05) is 37.6 Å². The summed E-state index contributed by atoms with van der Waals surface area (Å²) < 4.78 is 0. The first-order chi connectivity index (χ1) is 12.2. The van der Waals surface area contributed by atoms with Crippen molar-refractivity contribution in [2.75, 3.05) is 36.0 Å². The van der Waals surface area contributed by atoms with E-state index in [1.54, 1.807) is 0 Å². The molecule has 2 nitrogen and oxygen atoms in total. The largest absolute Gasteiger partial charge is 0.372 e. The van der Waals surface area contributed by atoms with E-state index in [0.29, 0.717) is 0 Å². The third-order valence-electron chi connectivity index (χ3n) is 5.01. The molecular formula is C23H34N2. The van der Waals surface area contributed by atoms with Crippen molar-refractivity contribution in [1.29, 1.82) is 0 Å². The average molecular weight is 339 g/mol. The average Bonchev–Trinajstić information content (AvgIpc) is 2.65. The number of hydrogen-bond donors (Lipinski definition) is 0. The Morgan fingerprint density at radius 3 is 1.36 bits per heavy atom. The van der Waals surface area contributed by atoms with E-state index >= 15 is 0 Å². The van der Waals surface area contributed by atoms with Gasteiger partial charge in [-0.15, -0.1) is 0 Å². The van der Waals surface area contributed by atoms with Crippen LogP contribution in [0.15, 0.2) is 48.5 Å². The standard InChI is InChI=1S/C23H34N2/c1-5-24(6-2)22-16-10-14-20(18-22)12-9-13-21-15-11-17-23(19-21)25(7-3)8-4/h10-11,14-19H,5-9,12-13H2,1-4H3. The van der Waals surface area contributed by atoms with Crippen molar-refractivity contribution >= 4 is 11.4 Å². The van der Waals surface area contributed by atoms with Gasteiger partial charge >= 0.3 is 0 Å². The third kappa shape index (κ3) is 5.52. The maximum atomic E-state index is 2.41. The molecule has 0 amide bonds. The first kappa shape index (κ1) is 19.4. The molecule has 0 saturated carbocycles. The Kier molecular flexibility index (Phi) is 7.84. The first-order valence-electron chi connectivity index (χ1n) is 9.89. The fraction of sp³-hybridized carbons (Fsp3) is 0.478. The summed E-state index contributed by atoms with van der Waals surface area (Å²) in [5.41, 5.74) is 5.60. The molecule has 25 heavy (non-hydrogen) atoms. The molecule has 0 saturated heterocycles. The number of rotatable bonds is 10. The summed E-state index contributed by atoms with van der Waals surface area (Å²) in [4.78, 5) is 4.83. The quantitative estimate of drug-likeness (QED) is 0.560. The van der Waals surface area contributed by atoms with Gasteiger partial charge in [-0.3, -0.25) is 0 Å². The van der Waals surface area contributed by atoms with E-state index in [9.17, 15) is 0 Å². The minimum atomic E-state index is 1.07. The summed E-state index contributed by atoms with van der Waals surface area (Å²) in [7, 11) is 0. The summed E-state index contributed by atoms with van der Waals surface area (Å²) in [5.74, 6) is 0. The smallest absolute Gasteiger partial charge is 0.0368 e. The fourth-order valence-corrected chi connectivity index (χ4v) is 3.49. The van der Waals surface area contributed by atoms with Crippen molar-refractivity contribution in [3.63, 3.8) is 0 Å². The molecule has 0 heterocycles. The van der Waals surface area contributed by atoms with Crippen LogP contribution in [0.2, 0.25) is 0 Å². The van der Waals surface area contributed by atoms with Crippen LogP contribution >= 0.6 is 0 Å². The molecule has 2 aromatic carbocycles. The molecule has 0 aromatic heterocycles. The number of benzene rings is 2. The van der Waals surface area contributed by atoms with Gasteiger partial charge in [0.15, 0.2) is 0 Å². The van der Waals surface area contributed by atoms with Crippen molar-refractivity contribution in [3.05, 3.63) is 59.7 Å². The van der Waals surface area contributed by atoms with Gasteiger partial charge in [0.1, 0.15) is 0 Å². The Morgan fingerprint density at radius 1 is 0.600 bits per heavy atom. The Labute approximate surface area is 154 Å². The molecule has 0 unspecified atom stereocenters. The lowest BCUT2D eigenvalue weighted by Gasteiger charge is -2.22. The van der Waals surface area contributed by atoms with E-state index in [2.05, 4.69) is 86.0 Å². The highest BCUT2D eigenvalue weighted by Gasteiger charge is 2.05. The lowest BCUT2D eigenvalue weighted by molar-refractivity contribution is 0.813. The Bertz CT molecular complexity index is 572. The van der Waals surface area contributed by atoms with Crippen LogP contribution in [0.25, 0.3) is 0 Å². The van der Waals surface area contributed by atoms with Gasteiger partial charge in [-0.1, -0.05) is 24.3 Å². The molecule has 0 fully saturated rings. The topological polar surface area (TPSA) is 6.48 Å². The summed E-state index contributed by atoms with van der Waals surface area (Å²) in [6.07, 6.45) is 3.48. The summed E-state index contributed by atoms with van der Waals surface area (Å²) in [6, 6.07) is 18.1. The van der Waals surface area contributed by atoms with Crippen molar-refractivity contribution in [1.82, 2.24) is 0 Å². The molecule has 0 aliphatic heterocycles. The molecule has 136 valence electrons. The molecule has 0 aliphatic rings. The second-order valence-corrected chi connectivity index (χ2v) is 6.54. The predicted octanol–water partition coefficient (Wildman–Crippen LogP) is 5.55. The normalized spacial score (nSPS) is 10.7. The van der Waals surface area contributed by atoms with E-state index in [0.717, 1.165) is 39.0 Å². The number of hydrogen-bond acceptors (Lipinski definition) is 2. The second-order valence-electron chi connectivity index (χ2n) is 6.54. The molecule has 0 aliphatic carbocycles. The molecular weight excluding hydrogens is 304 g/mol. The Balaban J connectivity index is 1.95. The molecule has 2 heteroatoms. The SMILES string of the molecule is CCN(CC)c1cccc(CCCc2cccc(N(CC)CC)c2)c1. The lowest BCUT2D eigenvalue weighted by Crippen LogP contribution is -2.21. The molecule has 0 atom stereocenters. The number of nitrogens with zero attached hydrogens (tertiary/aromatic N) is 2. The van der Waals surface area contributed by atoms with E-state index in [-0.39, 0.29) is 0 Å². The van der Waals surface area contributed by atoms with Crippen molar-refractivity contribution < 1.29 is 0 Å². The zero-order valence-corrected chi connectivity index (χ0v) is 16.5. The highest BCUT2D eigenvalue weighted by atomic mass is 15.1. The van der Waals surface area contributed by atoms with Gasteiger partial charge in [-0.25, -0.2) is 0 Å². The zero-order chi connectivity index (χ0) is 18.1. The zero-order valence-electron chi connectivity index (χ0n) is 16.5. The van der Waals surface area contributed by atoms with Gasteiger partial charge in [0.2, 0.25) is 0 Å². The van der Waals surface area contributed by atoms with Gasteiger partial charge in [0.25, 0.3) is 0 Å². The van der Waals surface area contributed by atoms with Crippen molar-refractivity contribution in [2.45, 2.75) is 47.0 Å². The lowest BCUT2D eigenvalue weighted by atomic mass is 10.0. The third-order valence-corrected chi connectivity index (χ3v) is 5.01. The van der Waals surface area contributed by atoms with E-state index in [4.69, 9.17) is 0 Å². The van der Waals surface area contributed by atoms with Crippen LogP contribution in [0.5, 0.6) is 0 Å². The number of aryl methyl sites for hydroxylation is 2. The molecule has 2 aromatic rings. The van der Waals surface area contributed by atoms with E-state index in [1.165, 1.54) is 28.9 Å². The second kappa shape index (κ2) is 10.1. The van der Waals surface area contributed by atoms with Gasteiger partial charge in [-0.05, 0) is 82.3 Å². The van der Waals surface area contributed by atoms with Crippen LogP contribution in [-0.2, 0) is 12.8 Å². The first-order valence-corrected chi connectivity index (χ1v) is 9.89. The molecule has 0 N–H and O–H groups in total. The summed E-state index contributed by atoms with van der Waals surface area (Å²) in [6.45, 7) is 13.2. The van der Waals surface area contributed by atoms with Crippen LogP contribution in [0.4, 0.5) is 11.4 Å². The van der Waals surface area contributed by atoms with Gasteiger partial charge < -0.3 is 9.80 Å². The van der Waals surface area contributed by atoms with Crippen molar-refractivity contribution in [2.24, 2.45) is 0 Å². The van der Waals surface area contributed by atoms with Gasteiger partial charge in [-0.2, -0.15) is 0 Å². The van der Waals surface area contributed by atoms with Gasteiger partial charge in [0.05, 0.1) is 0 Å². The van der Waals surface area contributed by atoms with E-state index in [1.807, 2.05) is 0 Å². The van der Waals surface area contributed by atoms with Crippen LogP contribution in [0, 0.1) is 0 Å². The highest BCUT2D eigenvalue weighted by molar-refractivity contribution is 5.49. The Hall–Kier alpha value is -1.96. The minimum Gasteiger partial charge on any atom is -0.372 e. The Morgan fingerprint density at radius 2 is 1.00 bits per heavy atom. The molecule has 0 radical (unpaired) electrons. The predicted molar refractivity (Wildman–Crippen MR) is 112 cm³/mol. The summed E-state index contributed by atoms with van der Waals surface area (Å²) in [5, 5.41) is 0. The monoisotopic (exact) mass is 338 g/mol. The van der Waals surface area contributed by atoms with Crippen LogP contribution in [0.1, 0.15) is 45.2 Å². The molecule has 2 rings (SSSR count). The maximum absolute atomic E-state index is 2.41. The van der Waals surface area contributed by atoms with Crippen LogP contribution in [0.3, 0.4) is 0 Å².